The third-order valence-electron chi connectivity index (χ3n) is 5.15. The van der Waals surface area contributed by atoms with E-state index in [4.69, 9.17) is 14.2 Å². The van der Waals surface area contributed by atoms with Crippen molar-refractivity contribution in [1.82, 2.24) is 9.88 Å². The number of aromatic nitrogens is 1. The molecule has 30 heavy (non-hydrogen) atoms. The maximum Gasteiger partial charge on any atom is 0.356 e. The summed E-state index contributed by atoms with van der Waals surface area (Å²) in [7, 11) is 2.80. The Morgan fingerprint density at radius 2 is 2.07 bits per heavy atom. The van der Waals surface area contributed by atoms with Crippen molar-refractivity contribution in [2.24, 2.45) is 5.92 Å². The van der Waals surface area contributed by atoms with Crippen LogP contribution in [0.5, 0.6) is 5.75 Å². The minimum absolute atomic E-state index is 0.0956. The van der Waals surface area contributed by atoms with E-state index in [-0.39, 0.29) is 30.0 Å². The zero-order valence-corrected chi connectivity index (χ0v) is 17.4. The Hall–Kier alpha value is -3.07. The van der Waals surface area contributed by atoms with Gasteiger partial charge in [-0.15, -0.1) is 0 Å². The fraction of sp³-hybridized carbons (Fsp3) is 0.476. The Kier molecular flexibility index (Phi) is 6.94. The number of benzene rings is 1. The molecule has 1 aromatic heterocycles. The summed E-state index contributed by atoms with van der Waals surface area (Å²) in [6.07, 6.45) is 1.56. The van der Waals surface area contributed by atoms with Crippen LogP contribution in [0.3, 0.4) is 0 Å². The van der Waals surface area contributed by atoms with Gasteiger partial charge in [-0.3, -0.25) is 14.5 Å². The monoisotopic (exact) mass is 417 g/mol. The molecule has 0 spiro atoms. The second-order valence-corrected chi connectivity index (χ2v) is 7.12. The first-order valence-corrected chi connectivity index (χ1v) is 9.94. The number of piperidine rings is 1. The maximum absolute atomic E-state index is 12.8. The number of methoxy groups -OCH3 is 2. The third kappa shape index (κ3) is 4.56. The van der Waals surface area contributed by atoms with Gasteiger partial charge in [0, 0.05) is 6.54 Å². The number of nitrogens with one attached hydrogen (secondary N) is 2. The number of hydrogen-bond acceptors (Lipinski definition) is 7. The molecular weight excluding hydrogens is 390 g/mol. The average Bonchev–Trinajstić information content (AvgIpc) is 3.12. The average molecular weight is 417 g/mol. The lowest BCUT2D eigenvalue weighted by Gasteiger charge is -2.30. The van der Waals surface area contributed by atoms with Gasteiger partial charge >= 0.3 is 11.9 Å². The van der Waals surface area contributed by atoms with Crippen LogP contribution >= 0.6 is 0 Å². The standard InChI is InChI=1S/C21H27N3O6/c1-4-30-20(26)13-7-6-10-24(11-13)12-16(25)23-18-17-14(8-5-9-15(17)28-2)22-19(18)21(27)29-3/h5,8-9,13,22H,4,6-7,10-12H2,1-3H3,(H,23,25)/t13-/m0/s1. The molecule has 1 atom stereocenters. The number of ether oxygens (including phenoxy) is 3. The number of amides is 1. The number of hydrogen-bond donors (Lipinski definition) is 2. The molecule has 1 amide bonds. The van der Waals surface area contributed by atoms with Crippen LogP contribution in [0.25, 0.3) is 10.9 Å². The Labute approximate surface area is 174 Å². The van der Waals surface area contributed by atoms with E-state index in [0.29, 0.717) is 42.0 Å². The van der Waals surface area contributed by atoms with E-state index in [9.17, 15) is 14.4 Å². The molecule has 0 radical (unpaired) electrons. The van der Waals surface area contributed by atoms with Gasteiger partial charge in [0.05, 0.1) is 49.9 Å². The number of aromatic amines is 1. The Bertz CT molecular complexity index is 938. The summed E-state index contributed by atoms with van der Waals surface area (Å²) in [5, 5.41) is 3.43. The summed E-state index contributed by atoms with van der Waals surface area (Å²) in [6, 6.07) is 5.32. The van der Waals surface area contributed by atoms with E-state index in [1.165, 1.54) is 14.2 Å². The van der Waals surface area contributed by atoms with Crippen molar-refractivity contribution in [1.29, 1.82) is 0 Å². The van der Waals surface area contributed by atoms with Gasteiger partial charge in [0.15, 0.2) is 0 Å². The fourth-order valence-corrected chi connectivity index (χ4v) is 3.80. The largest absolute Gasteiger partial charge is 0.496 e. The van der Waals surface area contributed by atoms with Gasteiger partial charge in [-0.05, 0) is 38.4 Å². The van der Waals surface area contributed by atoms with E-state index in [2.05, 4.69) is 10.3 Å². The van der Waals surface area contributed by atoms with Crippen LogP contribution in [0.4, 0.5) is 5.69 Å². The molecule has 1 aromatic carbocycles. The molecule has 2 N–H and O–H groups in total. The van der Waals surface area contributed by atoms with Crippen LogP contribution in [0.1, 0.15) is 30.3 Å². The van der Waals surface area contributed by atoms with Crippen LogP contribution in [-0.4, -0.2) is 68.2 Å². The van der Waals surface area contributed by atoms with E-state index in [1.54, 1.807) is 25.1 Å². The Morgan fingerprint density at radius 3 is 2.77 bits per heavy atom. The Morgan fingerprint density at radius 1 is 1.27 bits per heavy atom. The molecule has 1 aliphatic heterocycles. The summed E-state index contributed by atoms with van der Waals surface area (Å²) in [5.74, 6) is -0.822. The minimum atomic E-state index is -0.594. The van der Waals surface area contributed by atoms with E-state index < -0.39 is 5.97 Å². The molecule has 0 unspecified atom stereocenters. The molecule has 9 heteroatoms. The molecule has 3 rings (SSSR count). The van der Waals surface area contributed by atoms with Crippen molar-refractivity contribution in [2.75, 3.05) is 45.8 Å². The van der Waals surface area contributed by atoms with E-state index in [0.717, 1.165) is 12.8 Å². The zero-order valence-electron chi connectivity index (χ0n) is 17.4. The normalized spacial score (nSPS) is 16.8. The van der Waals surface area contributed by atoms with Gasteiger partial charge in [-0.1, -0.05) is 6.07 Å². The second-order valence-electron chi connectivity index (χ2n) is 7.12. The van der Waals surface area contributed by atoms with E-state index in [1.807, 2.05) is 4.90 Å². The van der Waals surface area contributed by atoms with Crippen molar-refractivity contribution in [3.05, 3.63) is 23.9 Å². The van der Waals surface area contributed by atoms with Crippen LogP contribution in [0.2, 0.25) is 0 Å². The van der Waals surface area contributed by atoms with Crippen molar-refractivity contribution >= 4 is 34.4 Å². The quantitative estimate of drug-likeness (QED) is 0.665. The molecule has 1 aliphatic rings. The van der Waals surface area contributed by atoms with Gasteiger partial charge in [0.1, 0.15) is 11.4 Å². The van der Waals surface area contributed by atoms with Crippen molar-refractivity contribution < 1.29 is 28.6 Å². The highest BCUT2D eigenvalue weighted by Crippen LogP contribution is 2.35. The smallest absolute Gasteiger partial charge is 0.356 e. The number of anilines is 1. The number of nitrogens with zero attached hydrogens (tertiary/aromatic N) is 1. The molecule has 1 fully saturated rings. The highest BCUT2D eigenvalue weighted by atomic mass is 16.5. The van der Waals surface area contributed by atoms with Crippen molar-refractivity contribution in [3.8, 4) is 5.75 Å². The molecule has 0 saturated carbocycles. The molecule has 2 heterocycles. The zero-order chi connectivity index (χ0) is 21.7. The highest BCUT2D eigenvalue weighted by molar-refractivity contribution is 6.13. The number of carbonyl (C=O) groups is 3. The fourth-order valence-electron chi connectivity index (χ4n) is 3.80. The summed E-state index contributed by atoms with van der Waals surface area (Å²) >= 11 is 0. The van der Waals surface area contributed by atoms with Gasteiger partial charge in [0.25, 0.3) is 0 Å². The molecule has 0 bridgehead atoms. The summed E-state index contributed by atoms with van der Waals surface area (Å²) < 4.78 is 15.4. The first-order valence-electron chi connectivity index (χ1n) is 9.94. The number of carbonyl (C=O) groups excluding carboxylic acids is 3. The van der Waals surface area contributed by atoms with Gasteiger partial charge < -0.3 is 24.5 Å². The predicted octanol–water partition coefficient (Wildman–Crippen LogP) is 2.18. The summed E-state index contributed by atoms with van der Waals surface area (Å²) in [6.45, 7) is 3.39. The molecule has 162 valence electrons. The van der Waals surface area contributed by atoms with Crippen LogP contribution in [0.15, 0.2) is 18.2 Å². The van der Waals surface area contributed by atoms with Crippen LogP contribution in [0, 0.1) is 5.92 Å². The maximum atomic E-state index is 12.8. The lowest BCUT2D eigenvalue weighted by Crippen LogP contribution is -2.43. The predicted molar refractivity (Wildman–Crippen MR) is 111 cm³/mol. The highest BCUT2D eigenvalue weighted by Gasteiger charge is 2.29. The SMILES string of the molecule is CCOC(=O)[C@H]1CCCN(CC(=O)Nc2c(C(=O)OC)[nH]c3cccc(OC)c23)C1. The van der Waals surface area contributed by atoms with Gasteiger partial charge in [-0.25, -0.2) is 4.79 Å². The number of fused-ring (bicyclic) bond motifs is 1. The molecule has 9 nitrogen and oxygen atoms in total. The summed E-state index contributed by atoms with van der Waals surface area (Å²) in [5.41, 5.74) is 1.11. The molecule has 0 aliphatic carbocycles. The minimum Gasteiger partial charge on any atom is -0.496 e. The Balaban J connectivity index is 1.79. The third-order valence-corrected chi connectivity index (χ3v) is 5.15. The topological polar surface area (TPSA) is 110 Å². The molecule has 1 saturated heterocycles. The first-order chi connectivity index (χ1) is 14.5. The first kappa shape index (κ1) is 21.6. The van der Waals surface area contributed by atoms with Gasteiger partial charge in [-0.2, -0.15) is 0 Å². The van der Waals surface area contributed by atoms with Crippen molar-refractivity contribution in [3.63, 3.8) is 0 Å². The molecular formula is C21H27N3O6. The lowest BCUT2D eigenvalue weighted by atomic mass is 9.98. The number of likely N-dealkylation sites (tertiary alicyclic amines) is 1. The lowest BCUT2D eigenvalue weighted by molar-refractivity contribution is -0.150. The number of esters is 2. The molecule has 2 aromatic rings. The second kappa shape index (κ2) is 9.62. The number of H-pyrrole nitrogens is 1. The van der Waals surface area contributed by atoms with Crippen molar-refractivity contribution in [2.45, 2.75) is 19.8 Å². The van der Waals surface area contributed by atoms with Crippen LogP contribution in [-0.2, 0) is 19.1 Å². The van der Waals surface area contributed by atoms with Gasteiger partial charge in [0.2, 0.25) is 5.91 Å². The van der Waals surface area contributed by atoms with Crippen LogP contribution < -0.4 is 10.1 Å². The summed E-state index contributed by atoms with van der Waals surface area (Å²) in [4.78, 5) is 42.0. The number of rotatable bonds is 7. The van der Waals surface area contributed by atoms with E-state index >= 15 is 0 Å².